The van der Waals surface area contributed by atoms with Gasteiger partial charge in [-0.25, -0.2) is 19.6 Å². The van der Waals surface area contributed by atoms with Crippen LogP contribution >= 0.6 is 0 Å². The quantitative estimate of drug-likeness (QED) is 0.683. The summed E-state index contributed by atoms with van der Waals surface area (Å²) in [6, 6.07) is 7.66. The monoisotopic (exact) mass is 419 g/mol. The SMILES string of the molecule is COc1ccc(-c2nc3n(n2)CC(=O)NC2(CCN(Cc4cncnc4)CC2)C3)cc1. The Hall–Kier alpha value is -3.33. The molecule has 2 aromatic heterocycles. The summed E-state index contributed by atoms with van der Waals surface area (Å²) in [4.78, 5) is 28.1. The van der Waals surface area contributed by atoms with Crippen LogP contribution in [0.2, 0.25) is 0 Å². The number of likely N-dealkylation sites (tertiary alicyclic amines) is 1. The molecular weight excluding hydrogens is 394 g/mol. The molecule has 0 atom stereocenters. The van der Waals surface area contributed by atoms with Crippen molar-refractivity contribution in [3.63, 3.8) is 0 Å². The third-order valence-corrected chi connectivity index (χ3v) is 6.12. The maximum Gasteiger partial charge on any atom is 0.242 e. The van der Waals surface area contributed by atoms with Crippen molar-refractivity contribution in [2.45, 2.75) is 37.9 Å². The third kappa shape index (κ3) is 4.13. The van der Waals surface area contributed by atoms with E-state index in [0.29, 0.717) is 12.2 Å². The lowest BCUT2D eigenvalue weighted by molar-refractivity contribution is -0.123. The van der Waals surface area contributed by atoms with E-state index in [-0.39, 0.29) is 18.0 Å². The van der Waals surface area contributed by atoms with Gasteiger partial charge in [0.25, 0.3) is 0 Å². The van der Waals surface area contributed by atoms with Gasteiger partial charge in [0.1, 0.15) is 24.4 Å². The number of piperidine rings is 1. The Labute approximate surface area is 180 Å². The first kappa shape index (κ1) is 19.6. The fourth-order valence-corrected chi connectivity index (χ4v) is 4.42. The van der Waals surface area contributed by atoms with Gasteiger partial charge in [-0.3, -0.25) is 9.69 Å². The van der Waals surface area contributed by atoms with Crippen molar-refractivity contribution < 1.29 is 9.53 Å². The van der Waals surface area contributed by atoms with E-state index in [1.165, 1.54) is 0 Å². The van der Waals surface area contributed by atoms with Gasteiger partial charge in [-0.1, -0.05) is 0 Å². The molecule has 160 valence electrons. The van der Waals surface area contributed by atoms with E-state index < -0.39 is 0 Å². The number of amides is 1. The normalized spacial score (nSPS) is 18.3. The molecule has 1 fully saturated rings. The summed E-state index contributed by atoms with van der Waals surface area (Å²) in [5.41, 5.74) is 1.74. The van der Waals surface area contributed by atoms with Crippen LogP contribution in [-0.2, 0) is 24.3 Å². The zero-order chi connectivity index (χ0) is 21.3. The molecule has 2 aliphatic rings. The smallest absolute Gasteiger partial charge is 0.242 e. The minimum atomic E-state index is -0.279. The second-order valence-electron chi connectivity index (χ2n) is 8.27. The van der Waals surface area contributed by atoms with Crippen molar-refractivity contribution in [3.8, 4) is 17.1 Å². The van der Waals surface area contributed by atoms with Crippen molar-refractivity contribution in [2.75, 3.05) is 20.2 Å². The second kappa shape index (κ2) is 8.07. The lowest BCUT2D eigenvalue weighted by Gasteiger charge is -2.41. The molecule has 0 aliphatic carbocycles. The number of nitrogens with zero attached hydrogens (tertiary/aromatic N) is 6. The van der Waals surface area contributed by atoms with E-state index in [1.807, 2.05) is 36.7 Å². The summed E-state index contributed by atoms with van der Waals surface area (Å²) in [6.45, 7) is 2.82. The molecule has 1 spiro atoms. The van der Waals surface area contributed by atoms with Crippen molar-refractivity contribution in [3.05, 3.63) is 54.4 Å². The summed E-state index contributed by atoms with van der Waals surface area (Å²) in [6.07, 6.45) is 7.69. The number of ether oxygens (including phenoxy) is 1. The summed E-state index contributed by atoms with van der Waals surface area (Å²) in [5.74, 6) is 2.28. The number of hydrogen-bond donors (Lipinski definition) is 1. The fourth-order valence-electron chi connectivity index (χ4n) is 4.42. The van der Waals surface area contributed by atoms with Gasteiger partial charge in [-0.2, -0.15) is 5.10 Å². The topological polar surface area (TPSA) is 98.1 Å². The number of methoxy groups -OCH3 is 1. The van der Waals surface area contributed by atoms with Gasteiger partial charge in [0, 0.05) is 55.1 Å². The number of carbonyl (C=O) groups is 1. The molecule has 1 saturated heterocycles. The highest BCUT2D eigenvalue weighted by Gasteiger charge is 2.39. The highest BCUT2D eigenvalue weighted by molar-refractivity contribution is 5.77. The van der Waals surface area contributed by atoms with E-state index >= 15 is 0 Å². The van der Waals surface area contributed by atoms with Crippen LogP contribution in [0.25, 0.3) is 11.4 Å². The number of aromatic nitrogens is 5. The molecule has 4 heterocycles. The molecule has 0 unspecified atom stereocenters. The van der Waals surface area contributed by atoms with Crippen molar-refractivity contribution >= 4 is 5.91 Å². The number of nitrogens with one attached hydrogen (secondary N) is 1. The van der Waals surface area contributed by atoms with E-state index in [4.69, 9.17) is 9.72 Å². The van der Waals surface area contributed by atoms with Crippen LogP contribution in [0.5, 0.6) is 5.75 Å². The first-order chi connectivity index (χ1) is 15.1. The van der Waals surface area contributed by atoms with Gasteiger partial charge in [-0.05, 0) is 37.1 Å². The highest BCUT2D eigenvalue weighted by Crippen LogP contribution is 2.30. The standard InChI is InChI=1S/C22H25N7O2/c1-31-18-4-2-17(3-5-18)21-25-19-10-22(26-20(30)14-29(19)27-21)6-8-28(9-7-22)13-16-11-23-15-24-12-16/h2-5,11-12,15H,6-10,13-14H2,1H3,(H,26,30). The van der Waals surface area contributed by atoms with Gasteiger partial charge in [0.05, 0.1) is 7.11 Å². The number of hydrogen-bond acceptors (Lipinski definition) is 7. The minimum absolute atomic E-state index is 0.00478. The van der Waals surface area contributed by atoms with Gasteiger partial charge < -0.3 is 10.1 Å². The average Bonchev–Trinajstić information content (AvgIpc) is 3.12. The molecule has 5 rings (SSSR count). The molecule has 1 amide bonds. The summed E-state index contributed by atoms with van der Waals surface area (Å²) in [7, 11) is 1.64. The maximum absolute atomic E-state index is 12.7. The molecule has 0 saturated carbocycles. The molecule has 9 nitrogen and oxygen atoms in total. The van der Waals surface area contributed by atoms with Crippen LogP contribution in [0.15, 0.2) is 43.0 Å². The van der Waals surface area contributed by atoms with Gasteiger partial charge in [-0.15, -0.1) is 0 Å². The van der Waals surface area contributed by atoms with Crippen LogP contribution < -0.4 is 10.1 Å². The van der Waals surface area contributed by atoms with Gasteiger partial charge in [0.15, 0.2) is 5.82 Å². The maximum atomic E-state index is 12.7. The fraction of sp³-hybridized carbons (Fsp3) is 0.409. The Morgan fingerprint density at radius 3 is 2.58 bits per heavy atom. The van der Waals surface area contributed by atoms with E-state index in [2.05, 4.69) is 25.3 Å². The number of fused-ring (bicyclic) bond motifs is 1. The molecule has 2 aliphatic heterocycles. The molecule has 1 N–H and O–H groups in total. The first-order valence-electron chi connectivity index (χ1n) is 10.5. The Morgan fingerprint density at radius 1 is 1.13 bits per heavy atom. The summed E-state index contributed by atoms with van der Waals surface area (Å²) >= 11 is 0. The van der Waals surface area contributed by atoms with Gasteiger partial charge in [0.2, 0.25) is 5.91 Å². The minimum Gasteiger partial charge on any atom is -0.497 e. The Balaban J connectivity index is 1.32. The molecule has 0 radical (unpaired) electrons. The Kier molecular flexibility index (Phi) is 5.11. The number of carbonyl (C=O) groups excluding carboxylic acids is 1. The first-order valence-corrected chi connectivity index (χ1v) is 10.5. The summed E-state index contributed by atoms with van der Waals surface area (Å²) < 4.78 is 6.98. The molecule has 0 bridgehead atoms. The predicted molar refractivity (Wildman–Crippen MR) is 113 cm³/mol. The van der Waals surface area contributed by atoms with E-state index in [9.17, 15) is 4.79 Å². The van der Waals surface area contributed by atoms with Crippen molar-refractivity contribution in [1.82, 2.24) is 34.9 Å². The van der Waals surface area contributed by atoms with Gasteiger partial charge >= 0.3 is 0 Å². The van der Waals surface area contributed by atoms with Crippen LogP contribution in [0.3, 0.4) is 0 Å². The number of benzene rings is 1. The zero-order valence-corrected chi connectivity index (χ0v) is 17.5. The largest absolute Gasteiger partial charge is 0.497 e. The highest BCUT2D eigenvalue weighted by atomic mass is 16.5. The lowest BCUT2D eigenvalue weighted by Crippen LogP contribution is -2.56. The van der Waals surface area contributed by atoms with Crippen LogP contribution in [-0.4, -0.2) is 61.3 Å². The second-order valence-corrected chi connectivity index (χ2v) is 8.27. The van der Waals surface area contributed by atoms with Crippen LogP contribution in [0.1, 0.15) is 24.2 Å². The third-order valence-electron chi connectivity index (χ3n) is 6.12. The average molecular weight is 419 g/mol. The molecule has 3 aromatic rings. The predicted octanol–water partition coefficient (Wildman–Crippen LogP) is 1.45. The van der Waals surface area contributed by atoms with E-state index in [0.717, 1.165) is 55.2 Å². The molecule has 1 aromatic carbocycles. The Bertz CT molecular complexity index is 1060. The van der Waals surface area contributed by atoms with Crippen molar-refractivity contribution in [2.24, 2.45) is 0 Å². The molecule has 31 heavy (non-hydrogen) atoms. The van der Waals surface area contributed by atoms with Crippen LogP contribution in [0.4, 0.5) is 0 Å². The zero-order valence-electron chi connectivity index (χ0n) is 17.5. The van der Waals surface area contributed by atoms with Crippen LogP contribution in [0, 0.1) is 0 Å². The number of rotatable bonds is 4. The molecule has 9 heteroatoms. The molecular formula is C22H25N7O2. The van der Waals surface area contributed by atoms with E-state index in [1.54, 1.807) is 18.1 Å². The lowest BCUT2D eigenvalue weighted by atomic mass is 9.84. The Morgan fingerprint density at radius 2 is 1.87 bits per heavy atom. The van der Waals surface area contributed by atoms with Crippen molar-refractivity contribution in [1.29, 1.82) is 0 Å². The summed E-state index contributed by atoms with van der Waals surface area (Å²) in [5, 5.41) is 7.89.